The predicted octanol–water partition coefficient (Wildman–Crippen LogP) is 5.49. The first-order valence-corrected chi connectivity index (χ1v) is 12.1. The van der Waals surface area contributed by atoms with E-state index in [1.807, 2.05) is 55.1 Å². The number of nitrogens with zero attached hydrogens (tertiary/aromatic N) is 3. The first kappa shape index (κ1) is 22.4. The van der Waals surface area contributed by atoms with E-state index in [2.05, 4.69) is 15.3 Å². The van der Waals surface area contributed by atoms with Gasteiger partial charge in [0.2, 0.25) is 5.91 Å². The highest BCUT2D eigenvalue weighted by molar-refractivity contribution is 7.22. The van der Waals surface area contributed by atoms with Crippen molar-refractivity contribution < 1.29 is 14.3 Å². The molecule has 9 heteroatoms. The molecule has 0 aliphatic carbocycles. The van der Waals surface area contributed by atoms with Crippen molar-refractivity contribution in [3.8, 4) is 22.2 Å². The van der Waals surface area contributed by atoms with E-state index in [-0.39, 0.29) is 18.4 Å². The van der Waals surface area contributed by atoms with E-state index in [9.17, 15) is 4.79 Å². The van der Waals surface area contributed by atoms with Gasteiger partial charge in [0, 0.05) is 43.1 Å². The van der Waals surface area contributed by atoms with Gasteiger partial charge in [0.15, 0.2) is 0 Å². The molecule has 0 spiro atoms. The summed E-state index contributed by atoms with van der Waals surface area (Å²) in [5.74, 6) is 2.97. The lowest BCUT2D eigenvalue weighted by molar-refractivity contribution is -0.120. The Morgan fingerprint density at radius 1 is 1.29 bits per heavy atom. The number of allylic oxidation sites excluding steroid dienone is 1. The van der Waals surface area contributed by atoms with E-state index in [0.29, 0.717) is 23.1 Å². The molecule has 0 fully saturated rings. The smallest absolute Gasteiger partial charge is 0.224 e. The van der Waals surface area contributed by atoms with Crippen LogP contribution in [0, 0.1) is 0 Å². The molecule has 1 aliphatic rings. The number of halogens is 1. The van der Waals surface area contributed by atoms with Crippen LogP contribution >= 0.6 is 22.9 Å². The van der Waals surface area contributed by atoms with Crippen molar-refractivity contribution in [2.75, 3.05) is 6.54 Å². The molecule has 1 amide bonds. The Labute approximate surface area is 206 Å². The molecule has 1 aromatic carbocycles. The van der Waals surface area contributed by atoms with Gasteiger partial charge in [0.1, 0.15) is 23.4 Å². The first-order chi connectivity index (χ1) is 16.5. The highest BCUT2D eigenvalue weighted by atomic mass is 35.5. The number of amides is 1. The van der Waals surface area contributed by atoms with Crippen LogP contribution in [0.1, 0.15) is 18.9 Å². The minimum atomic E-state index is -0.0973. The highest BCUT2D eigenvalue weighted by Crippen LogP contribution is 2.39. The molecule has 3 aromatic heterocycles. The molecular weight excluding hydrogens is 472 g/mol. The molecule has 174 valence electrons. The van der Waals surface area contributed by atoms with E-state index in [1.54, 1.807) is 29.8 Å². The third kappa shape index (κ3) is 4.78. The number of pyridine rings is 1. The predicted molar refractivity (Wildman–Crippen MR) is 133 cm³/mol. The zero-order chi connectivity index (χ0) is 23.7. The average molecular weight is 495 g/mol. The topological polar surface area (TPSA) is 78.3 Å². The van der Waals surface area contributed by atoms with Crippen molar-refractivity contribution >= 4 is 39.1 Å². The summed E-state index contributed by atoms with van der Waals surface area (Å²) in [6.45, 7) is 2.39. The summed E-state index contributed by atoms with van der Waals surface area (Å²) >= 11 is 8.06. The van der Waals surface area contributed by atoms with Crippen LogP contribution in [-0.2, 0) is 23.0 Å². The van der Waals surface area contributed by atoms with Crippen molar-refractivity contribution in [3.05, 3.63) is 71.3 Å². The lowest BCUT2D eigenvalue weighted by atomic mass is 10.1. The summed E-state index contributed by atoms with van der Waals surface area (Å²) in [6, 6.07) is 9.22. The Bertz CT molecular complexity index is 1390. The SMILES string of the molecule is CC1=CCC(CNC(=O)Cc2ccc(Oc3ccnc4cc(-c5nccn5C)sc34)cc2Cl)O1. The average Bonchev–Trinajstić information content (AvgIpc) is 3.54. The lowest BCUT2D eigenvalue weighted by Crippen LogP contribution is -2.33. The minimum Gasteiger partial charge on any atom is -0.493 e. The van der Waals surface area contributed by atoms with Gasteiger partial charge in [0.25, 0.3) is 0 Å². The fourth-order valence-electron chi connectivity index (χ4n) is 3.81. The van der Waals surface area contributed by atoms with Crippen molar-refractivity contribution in [1.29, 1.82) is 0 Å². The van der Waals surface area contributed by atoms with Crippen LogP contribution in [0.25, 0.3) is 20.9 Å². The molecular formula is C25H23ClN4O3S. The number of benzene rings is 1. The van der Waals surface area contributed by atoms with E-state index in [1.165, 1.54) is 0 Å². The summed E-state index contributed by atoms with van der Waals surface area (Å²) in [5.41, 5.74) is 1.58. The molecule has 5 rings (SSSR count). The first-order valence-electron chi connectivity index (χ1n) is 10.9. The second-order valence-corrected chi connectivity index (χ2v) is 9.58. The van der Waals surface area contributed by atoms with Gasteiger partial charge in [-0.05, 0) is 36.8 Å². The van der Waals surface area contributed by atoms with Gasteiger partial charge in [-0.25, -0.2) is 4.98 Å². The van der Waals surface area contributed by atoms with Gasteiger partial charge >= 0.3 is 0 Å². The van der Waals surface area contributed by atoms with Crippen LogP contribution in [0.3, 0.4) is 0 Å². The number of carbonyl (C=O) groups excluding carboxylic acids is 1. The van der Waals surface area contributed by atoms with Crippen LogP contribution in [-0.4, -0.2) is 33.1 Å². The normalized spacial score (nSPS) is 15.3. The summed E-state index contributed by atoms with van der Waals surface area (Å²) in [4.78, 5) is 22.3. The number of thiophene rings is 1. The molecule has 1 aliphatic heterocycles. The second kappa shape index (κ2) is 9.48. The molecule has 0 bridgehead atoms. The molecule has 4 aromatic rings. The van der Waals surface area contributed by atoms with E-state index >= 15 is 0 Å². The molecule has 1 N–H and O–H groups in total. The zero-order valence-electron chi connectivity index (χ0n) is 18.7. The highest BCUT2D eigenvalue weighted by Gasteiger charge is 2.17. The van der Waals surface area contributed by atoms with Crippen molar-refractivity contribution in [2.24, 2.45) is 7.05 Å². The summed E-state index contributed by atoms with van der Waals surface area (Å²) in [6.07, 6.45) is 8.44. The standard InChI is InChI=1S/C25H23ClN4O3S/c1-15-3-5-18(32-15)14-29-23(31)11-16-4-6-17(12-19(16)26)33-21-7-8-27-20-13-22(34-24(20)21)25-28-9-10-30(25)2/h3-4,6-10,12-13,18H,5,11,14H2,1-2H3,(H,29,31). The molecule has 7 nitrogen and oxygen atoms in total. The number of nitrogens with one attached hydrogen (secondary N) is 1. The number of ether oxygens (including phenoxy) is 2. The van der Waals surface area contributed by atoms with Crippen molar-refractivity contribution in [2.45, 2.75) is 25.9 Å². The Kier molecular flexibility index (Phi) is 6.26. The molecule has 1 atom stereocenters. The van der Waals surface area contributed by atoms with Crippen LogP contribution in [0.4, 0.5) is 0 Å². The van der Waals surface area contributed by atoms with Gasteiger partial charge in [-0.3, -0.25) is 9.78 Å². The number of aryl methyl sites for hydroxylation is 1. The third-order valence-corrected chi connectivity index (χ3v) is 7.06. The van der Waals surface area contributed by atoms with Gasteiger partial charge in [0.05, 0.1) is 33.8 Å². The maximum Gasteiger partial charge on any atom is 0.224 e. The third-order valence-electron chi connectivity index (χ3n) is 5.57. The van der Waals surface area contributed by atoms with Crippen molar-refractivity contribution in [3.63, 3.8) is 0 Å². The summed E-state index contributed by atoms with van der Waals surface area (Å²) in [5, 5.41) is 3.39. The Morgan fingerprint density at radius 3 is 2.91 bits per heavy atom. The quantitative estimate of drug-likeness (QED) is 0.367. The molecule has 0 saturated carbocycles. The van der Waals surface area contributed by atoms with E-state index in [4.69, 9.17) is 21.1 Å². The monoisotopic (exact) mass is 494 g/mol. The Balaban J connectivity index is 1.27. The zero-order valence-corrected chi connectivity index (χ0v) is 20.3. The van der Waals surface area contributed by atoms with Gasteiger partial charge in [-0.1, -0.05) is 17.7 Å². The maximum atomic E-state index is 12.4. The number of fused-ring (bicyclic) bond motifs is 1. The maximum absolute atomic E-state index is 12.4. The number of imidazole rings is 1. The fourth-order valence-corrected chi connectivity index (χ4v) is 5.16. The minimum absolute atomic E-state index is 0.00238. The fraction of sp³-hybridized carbons (Fsp3) is 0.240. The van der Waals surface area contributed by atoms with Crippen LogP contribution in [0.5, 0.6) is 11.5 Å². The molecule has 0 radical (unpaired) electrons. The number of hydrogen-bond donors (Lipinski definition) is 1. The second-order valence-electron chi connectivity index (χ2n) is 8.12. The lowest BCUT2D eigenvalue weighted by Gasteiger charge is -2.13. The van der Waals surface area contributed by atoms with Crippen LogP contribution < -0.4 is 10.1 Å². The molecule has 4 heterocycles. The Hall–Kier alpha value is -3.36. The van der Waals surface area contributed by atoms with Gasteiger partial charge < -0.3 is 19.4 Å². The van der Waals surface area contributed by atoms with Crippen molar-refractivity contribution in [1.82, 2.24) is 19.9 Å². The number of aromatic nitrogens is 3. The molecule has 0 saturated heterocycles. The number of carbonyl (C=O) groups is 1. The molecule has 34 heavy (non-hydrogen) atoms. The van der Waals surface area contributed by atoms with Crippen LogP contribution in [0.15, 0.2) is 60.8 Å². The van der Waals surface area contributed by atoms with Gasteiger partial charge in [-0.15, -0.1) is 11.3 Å². The van der Waals surface area contributed by atoms with E-state index < -0.39 is 0 Å². The summed E-state index contributed by atoms with van der Waals surface area (Å²) < 4.78 is 14.7. The Morgan fingerprint density at radius 2 is 2.18 bits per heavy atom. The summed E-state index contributed by atoms with van der Waals surface area (Å²) in [7, 11) is 1.96. The largest absolute Gasteiger partial charge is 0.493 e. The number of hydrogen-bond acceptors (Lipinski definition) is 6. The number of rotatable bonds is 7. The molecule has 1 unspecified atom stereocenters. The van der Waals surface area contributed by atoms with E-state index in [0.717, 1.165) is 38.7 Å². The van der Waals surface area contributed by atoms with Crippen LogP contribution in [0.2, 0.25) is 5.02 Å². The van der Waals surface area contributed by atoms with Gasteiger partial charge in [-0.2, -0.15) is 0 Å².